The van der Waals surface area contributed by atoms with Crippen molar-refractivity contribution in [1.82, 2.24) is 4.98 Å². The van der Waals surface area contributed by atoms with Crippen LogP contribution in [-0.4, -0.2) is 23.7 Å². The third-order valence-corrected chi connectivity index (χ3v) is 2.64. The van der Waals surface area contributed by atoms with Crippen molar-refractivity contribution in [3.05, 3.63) is 24.0 Å². The van der Waals surface area contributed by atoms with E-state index in [0.717, 1.165) is 24.4 Å². The monoisotopic (exact) mass is 192 g/mol. The molecule has 0 spiro atoms. The maximum Gasteiger partial charge on any atom is 0.0748 e. The second-order valence-corrected chi connectivity index (χ2v) is 3.80. The number of aryl methyl sites for hydroxylation is 1. The van der Waals surface area contributed by atoms with Crippen LogP contribution in [0.3, 0.4) is 0 Å². The molecule has 14 heavy (non-hydrogen) atoms. The smallest absolute Gasteiger partial charge is 0.0748 e. The molecule has 0 bridgehead atoms. The lowest BCUT2D eigenvalue weighted by molar-refractivity contribution is 0.121. The molecular weight excluding hydrogens is 176 g/mol. The van der Waals surface area contributed by atoms with Crippen LogP contribution in [0.25, 0.3) is 0 Å². The first-order chi connectivity index (χ1) is 6.75. The minimum absolute atomic E-state index is 0.302. The van der Waals surface area contributed by atoms with Gasteiger partial charge in [-0.05, 0) is 32.4 Å². The molecule has 1 aromatic heterocycles. The Morgan fingerprint density at radius 1 is 1.50 bits per heavy atom. The molecule has 0 unspecified atom stereocenters. The van der Waals surface area contributed by atoms with Crippen LogP contribution in [0.2, 0.25) is 0 Å². The lowest BCUT2D eigenvalue weighted by Crippen LogP contribution is -2.26. The summed E-state index contributed by atoms with van der Waals surface area (Å²) >= 11 is 0. The van der Waals surface area contributed by atoms with Gasteiger partial charge in [0, 0.05) is 12.3 Å². The highest BCUT2D eigenvalue weighted by molar-refractivity contribution is 5.42. The van der Waals surface area contributed by atoms with Crippen molar-refractivity contribution in [1.29, 1.82) is 0 Å². The minimum atomic E-state index is 0.302. The van der Waals surface area contributed by atoms with E-state index in [2.05, 4.69) is 23.3 Å². The molecule has 1 saturated heterocycles. The van der Waals surface area contributed by atoms with Crippen LogP contribution in [0.5, 0.6) is 0 Å². The number of ether oxygens (including phenoxy) is 1. The fraction of sp³-hybridized carbons (Fsp3) is 0.545. The molecule has 1 aliphatic rings. The standard InChI is InChI=1S/C11H16N2O/c1-8-3-4-10(7-12-8)13-11-5-6-14-9(11)2/h3-4,7,9,11,13H,5-6H2,1-2H3/t9-,11-/m1/s1. The summed E-state index contributed by atoms with van der Waals surface area (Å²) in [4.78, 5) is 4.24. The second-order valence-electron chi connectivity index (χ2n) is 3.80. The molecule has 1 fully saturated rings. The molecule has 2 rings (SSSR count). The number of anilines is 1. The first kappa shape index (κ1) is 9.46. The zero-order valence-corrected chi connectivity index (χ0v) is 8.66. The highest BCUT2D eigenvalue weighted by atomic mass is 16.5. The molecule has 2 atom stereocenters. The maximum atomic E-state index is 5.48. The average Bonchev–Trinajstić information content (AvgIpc) is 2.56. The van der Waals surface area contributed by atoms with E-state index in [4.69, 9.17) is 4.74 Å². The van der Waals surface area contributed by atoms with E-state index in [-0.39, 0.29) is 0 Å². The largest absolute Gasteiger partial charge is 0.378 e. The van der Waals surface area contributed by atoms with E-state index in [1.807, 2.05) is 19.2 Å². The predicted molar refractivity (Wildman–Crippen MR) is 56.4 cm³/mol. The maximum absolute atomic E-state index is 5.48. The summed E-state index contributed by atoms with van der Waals surface area (Å²) in [5.41, 5.74) is 2.13. The van der Waals surface area contributed by atoms with Crippen LogP contribution >= 0.6 is 0 Å². The Balaban J connectivity index is 2.00. The molecule has 76 valence electrons. The summed E-state index contributed by atoms with van der Waals surface area (Å²) in [6.07, 6.45) is 3.26. The van der Waals surface area contributed by atoms with Gasteiger partial charge in [-0.3, -0.25) is 4.98 Å². The van der Waals surface area contributed by atoms with Crippen LogP contribution in [0.1, 0.15) is 19.0 Å². The van der Waals surface area contributed by atoms with E-state index in [1.165, 1.54) is 0 Å². The van der Waals surface area contributed by atoms with Gasteiger partial charge < -0.3 is 10.1 Å². The highest BCUT2D eigenvalue weighted by Crippen LogP contribution is 2.18. The average molecular weight is 192 g/mol. The molecule has 0 aliphatic carbocycles. The van der Waals surface area contributed by atoms with Gasteiger partial charge in [-0.15, -0.1) is 0 Å². The van der Waals surface area contributed by atoms with Crippen molar-refractivity contribution in [2.75, 3.05) is 11.9 Å². The number of rotatable bonds is 2. The van der Waals surface area contributed by atoms with Crippen molar-refractivity contribution in [2.45, 2.75) is 32.4 Å². The number of hydrogen-bond donors (Lipinski definition) is 1. The molecule has 2 heterocycles. The molecular formula is C11H16N2O. The summed E-state index contributed by atoms with van der Waals surface area (Å²) in [6, 6.07) is 4.51. The fourth-order valence-corrected chi connectivity index (χ4v) is 1.69. The Morgan fingerprint density at radius 3 is 2.93 bits per heavy atom. The number of nitrogens with one attached hydrogen (secondary N) is 1. The van der Waals surface area contributed by atoms with E-state index in [9.17, 15) is 0 Å². The van der Waals surface area contributed by atoms with Gasteiger partial charge >= 0.3 is 0 Å². The summed E-state index contributed by atoms with van der Waals surface area (Å²) in [5.74, 6) is 0. The normalized spacial score (nSPS) is 26.4. The zero-order valence-electron chi connectivity index (χ0n) is 8.66. The zero-order chi connectivity index (χ0) is 9.97. The van der Waals surface area contributed by atoms with Crippen LogP contribution in [0, 0.1) is 6.92 Å². The van der Waals surface area contributed by atoms with Gasteiger partial charge in [0.25, 0.3) is 0 Å². The van der Waals surface area contributed by atoms with Crippen molar-refractivity contribution < 1.29 is 4.74 Å². The van der Waals surface area contributed by atoms with Crippen molar-refractivity contribution in [3.63, 3.8) is 0 Å². The molecule has 0 amide bonds. The number of hydrogen-bond acceptors (Lipinski definition) is 3. The predicted octanol–water partition coefficient (Wildman–Crippen LogP) is 1.98. The van der Waals surface area contributed by atoms with Gasteiger partial charge in [0.15, 0.2) is 0 Å². The van der Waals surface area contributed by atoms with Gasteiger partial charge in [0.05, 0.1) is 24.0 Å². The first-order valence-corrected chi connectivity index (χ1v) is 5.06. The Hall–Kier alpha value is -1.09. The lowest BCUT2D eigenvalue weighted by Gasteiger charge is -2.16. The lowest BCUT2D eigenvalue weighted by atomic mass is 10.1. The number of nitrogens with zero attached hydrogens (tertiary/aromatic N) is 1. The van der Waals surface area contributed by atoms with Gasteiger partial charge in [-0.2, -0.15) is 0 Å². The van der Waals surface area contributed by atoms with E-state index >= 15 is 0 Å². The van der Waals surface area contributed by atoms with Crippen molar-refractivity contribution in [3.8, 4) is 0 Å². The highest BCUT2D eigenvalue weighted by Gasteiger charge is 2.23. The minimum Gasteiger partial charge on any atom is -0.378 e. The molecule has 1 N–H and O–H groups in total. The van der Waals surface area contributed by atoms with Crippen LogP contribution in [0.4, 0.5) is 5.69 Å². The topological polar surface area (TPSA) is 34.1 Å². The Bertz CT molecular complexity index is 297. The van der Waals surface area contributed by atoms with E-state index in [0.29, 0.717) is 12.1 Å². The van der Waals surface area contributed by atoms with Gasteiger partial charge in [0.2, 0.25) is 0 Å². The third kappa shape index (κ3) is 2.04. The Labute approximate surface area is 84.5 Å². The van der Waals surface area contributed by atoms with Crippen molar-refractivity contribution in [2.24, 2.45) is 0 Å². The summed E-state index contributed by atoms with van der Waals surface area (Å²) in [6.45, 7) is 4.95. The molecule has 3 heteroatoms. The van der Waals surface area contributed by atoms with Gasteiger partial charge in [-0.1, -0.05) is 0 Å². The quantitative estimate of drug-likeness (QED) is 0.778. The van der Waals surface area contributed by atoms with E-state index < -0.39 is 0 Å². The summed E-state index contributed by atoms with van der Waals surface area (Å²) in [7, 11) is 0. The molecule has 0 saturated carbocycles. The molecule has 1 aromatic rings. The second kappa shape index (κ2) is 3.96. The number of aromatic nitrogens is 1. The van der Waals surface area contributed by atoms with Crippen LogP contribution in [-0.2, 0) is 4.74 Å². The molecule has 1 aliphatic heterocycles. The van der Waals surface area contributed by atoms with Crippen LogP contribution < -0.4 is 5.32 Å². The first-order valence-electron chi connectivity index (χ1n) is 5.06. The molecule has 3 nitrogen and oxygen atoms in total. The number of pyridine rings is 1. The van der Waals surface area contributed by atoms with Gasteiger partial charge in [-0.25, -0.2) is 0 Å². The summed E-state index contributed by atoms with van der Waals surface area (Å²) in [5, 5.41) is 3.43. The molecule has 0 radical (unpaired) electrons. The fourth-order valence-electron chi connectivity index (χ4n) is 1.69. The van der Waals surface area contributed by atoms with Gasteiger partial charge in [0.1, 0.15) is 0 Å². The molecule has 0 aromatic carbocycles. The third-order valence-electron chi connectivity index (χ3n) is 2.64. The van der Waals surface area contributed by atoms with Crippen molar-refractivity contribution >= 4 is 5.69 Å². The Kier molecular flexibility index (Phi) is 2.68. The summed E-state index contributed by atoms with van der Waals surface area (Å²) < 4.78 is 5.48. The van der Waals surface area contributed by atoms with Crippen LogP contribution in [0.15, 0.2) is 18.3 Å². The SMILES string of the molecule is Cc1ccc(N[C@@H]2CCO[C@@H]2C)cn1. The van der Waals surface area contributed by atoms with E-state index in [1.54, 1.807) is 0 Å². The Morgan fingerprint density at radius 2 is 2.36 bits per heavy atom.